The molecule has 0 bridgehead atoms. The maximum atomic E-state index is 6.72. The number of H-pyrrole nitrogens is 1. The number of piperidine rings is 1. The molecule has 1 aromatic carbocycles. The van der Waals surface area contributed by atoms with Crippen LogP contribution in [0, 0.1) is 5.41 Å². The third-order valence-corrected chi connectivity index (χ3v) is 8.42. The highest BCUT2D eigenvalue weighted by Gasteiger charge is 2.46. The van der Waals surface area contributed by atoms with Crippen LogP contribution in [0.2, 0.25) is 5.02 Å². The van der Waals surface area contributed by atoms with E-state index in [2.05, 4.69) is 49.1 Å². The maximum absolute atomic E-state index is 6.72. The Bertz CT molecular complexity index is 1370. The van der Waals surface area contributed by atoms with E-state index < -0.39 is 0 Å². The molecule has 4 heterocycles. The highest BCUT2D eigenvalue weighted by molar-refractivity contribution is 7.99. The summed E-state index contributed by atoms with van der Waals surface area (Å²) in [5, 5.41) is 1.23. The van der Waals surface area contributed by atoms with Crippen LogP contribution in [0.15, 0.2) is 52.6 Å². The number of fused-ring (bicyclic) bond motifs is 2. The fourth-order valence-corrected chi connectivity index (χ4v) is 6.13. The summed E-state index contributed by atoms with van der Waals surface area (Å²) in [5.41, 5.74) is 10.8. The van der Waals surface area contributed by atoms with Gasteiger partial charge in [-0.2, -0.15) is 4.98 Å². The topological polar surface area (TPSA) is 106 Å². The number of pyridine rings is 1. The van der Waals surface area contributed by atoms with Gasteiger partial charge in [-0.1, -0.05) is 47.6 Å². The number of methoxy groups -OCH3 is 1. The van der Waals surface area contributed by atoms with Gasteiger partial charge in [-0.15, -0.1) is 0 Å². The predicted molar refractivity (Wildman–Crippen MR) is 133 cm³/mol. The normalized spacial score (nSPS) is 19.0. The molecule has 4 aromatic rings. The molecular formula is C24H24ClN7OS. The fourth-order valence-electron chi connectivity index (χ4n) is 5.14. The lowest BCUT2D eigenvalue weighted by molar-refractivity contribution is 0.187. The van der Waals surface area contributed by atoms with Crippen molar-refractivity contribution in [2.24, 2.45) is 11.1 Å². The number of anilines is 1. The van der Waals surface area contributed by atoms with Crippen LogP contribution in [0.5, 0.6) is 5.88 Å². The average Bonchev–Trinajstić information content (AvgIpc) is 3.40. The van der Waals surface area contributed by atoms with Gasteiger partial charge in [0.05, 0.1) is 24.5 Å². The summed E-state index contributed by atoms with van der Waals surface area (Å²) in [6, 6.07) is 10.5. The van der Waals surface area contributed by atoms with Crippen molar-refractivity contribution in [1.82, 2.24) is 24.9 Å². The highest BCUT2D eigenvalue weighted by atomic mass is 35.5. The van der Waals surface area contributed by atoms with Gasteiger partial charge >= 0.3 is 0 Å². The third-order valence-electron chi connectivity index (χ3n) is 7.04. The summed E-state index contributed by atoms with van der Waals surface area (Å²) in [6.45, 7) is 1.80. The number of ether oxygens (including phenoxy) is 1. The van der Waals surface area contributed by atoms with Gasteiger partial charge in [0.2, 0.25) is 11.8 Å². The lowest BCUT2D eigenvalue weighted by Gasteiger charge is -2.42. The molecule has 0 radical (unpaired) electrons. The van der Waals surface area contributed by atoms with Crippen LogP contribution >= 0.6 is 23.4 Å². The SMILES string of the molecule is COc1cc(Sc2cnc3[nH]c(N4CCC5(CC4)Cc4ccccc4[C@H]5N)nc3n2)c(Cl)cn1. The Morgan fingerprint density at radius 1 is 1.18 bits per heavy atom. The van der Waals surface area contributed by atoms with Gasteiger partial charge in [0.1, 0.15) is 5.03 Å². The standard InChI is InChI=1S/C24H24ClN7OS/c1-33-18-10-17(16(25)12-27-18)34-19-13-28-21-22(29-19)31-23(30-21)32-8-6-24(7-9-32)11-14-4-2-3-5-15(14)20(24)26/h2-5,10,12-13,20H,6-9,11,26H2,1H3,(H,28,29,30,31)/t20-/m1/s1. The van der Waals surface area contributed by atoms with E-state index in [1.165, 1.54) is 22.9 Å². The minimum atomic E-state index is 0.100. The number of rotatable bonds is 4. The zero-order valence-electron chi connectivity index (χ0n) is 18.7. The summed E-state index contributed by atoms with van der Waals surface area (Å²) in [5.74, 6) is 1.30. The Morgan fingerprint density at radius 3 is 2.79 bits per heavy atom. The van der Waals surface area contributed by atoms with E-state index in [-0.39, 0.29) is 11.5 Å². The summed E-state index contributed by atoms with van der Waals surface area (Å²) >= 11 is 7.70. The van der Waals surface area contributed by atoms with Gasteiger partial charge in [0.25, 0.3) is 0 Å². The van der Waals surface area contributed by atoms with Crippen molar-refractivity contribution < 1.29 is 4.74 Å². The van der Waals surface area contributed by atoms with Crippen molar-refractivity contribution in [1.29, 1.82) is 0 Å². The minimum Gasteiger partial charge on any atom is -0.481 e. The number of aromatic amines is 1. The van der Waals surface area contributed by atoms with Crippen LogP contribution in [0.3, 0.4) is 0 Å². The molecule has 1 spiro atoms. The summed E-state index contributed by atoms with van der Waals surface area (Å²) in [7, 11) is 1.57. The van der Waals surface area contributed by atoms with Crippen molar-refractivity contribution in [2.75, 3.05) is 25.1 Å². The van der Waals surface area contributed by atoms with Crippen LogP contribution in [-0.4, -0.2) is 45.1 Å². The van der Waals surface area contributed by atoms with E-state index in [0.717, 1.165) is 43.2 Å². The van der Waals surface area contributed by atoms with Crippen molar-refractivity contribution >= 4 is 40.6 Å². The van der Waals surface area contributed by atoms with Gasteiger partial charge in [-0.25, -0.2) is 15.0 Å². The van der Waals surface area contributed by atoms with Crippen LogP contribution < -0.4 is 15.4 Å². The molecular weight excluding hydrogens is 470 g/mol. The molecule has 6 rings (SSSR count). The van der Waals surface area contributed by atoms with Gasteiger partial charge in [-0.3, -0.25) is 0 Å². The first-order chi connectivity index (χ1) is 16.5. The van der Waals surface area contributed by atoms with Gasteiger partial charge in [-0.05, 0) is 35.8 Å². The third kappa shape index (κ3) is 3.68. The number of hydrogen-bond donors (Lipinski definition) is 2. The largest absolute Gasteiger partial charge is 0.481 e. The number of nitrogens with two attached hydrogens (primary N) is 1. The second-order valence-electron chi connectivity index (χ2n) is 8.90. The molecule has 174 valence electrons. The van der Waals surface area contributed by atoms with Crippen LogP contribution in [0.1, 0.15) is 30.0 Å². The maximum Gasteiger partial charge on any atom is 0.214 e. The number of hydrogen-bond acceptors (Lipinski definition) is 8. The first kappa shape index (κ1) is 21.6. The van der Waals surface area contributed by atoms with Crippen LogP contribution in [0.25, 0.3) is 11.3 Å². The first-order valence-electron chi connectivity index (χ1n) is 11.2. The van der Waals surface area contributed by atoms with Gasteiger partial charge in [0, 0.05) is 30.1 Å². The second-order valence-corrected chi connectivity index (χ2v) is 10.4. The highest BCUT2D eigenvalue weighted by Crippen LogP contribution is 2.50. The Morgan fingerprint density at radius 2 is 2.00 bits per heavy atom. The molecule has 0 amide bonds. The van der Waals surface area contributed by atoms with Crippen LogP contribution in [0.4, 0.5) is 5.95 Å². The summed E-state index contributed by atoms with van der Waals surface area (Å²) in [6.07, 6.45) is 6.41. The summed E-state index contributed by atoms with van der Waals surface area (Å²) in [4.78, 5) is 24.5. The van der Waals surface area contributed by atoms with E-state index in [0.29, 0.717) is 27.2 Å². The molecule has 8 nitrogen and oxygen atoms in total. The molecule has 2 aliphatic rings. The monoisotopic (exact) mass is 493 g/mol. The van der Waals surface area contributed by atoms with Crippen molar-refractivity contribution in [2.45, 2.75) is 35.2 Å². The zero-order chi connectivity index (χ0) is 23.3. The number of benzene rings is 1. The molecule has 10 heteroatoms. The number of imidazole rings is 1. The number of nitrogens with one attached hydrogen (secondary N) is 1. The Labute approximate surface area is 206 Å². The summed E-state index contributed by atoms with van der Waals surface area (Å²) < 4.78 is 5.20. The zero-order valence-corrected chi connectivity index (χ0v) is 20.2. The number of nitrogens with zero attached hydrogens (tertiary/aromatic N) is 5. The molecule has 34 heavy (non-hydrogen) atoms. The minimum absolute atomic E-state index is 0.100. The van der Waals surface area contributed by atoms with Crippen molar-refractivity contribution in [3.05, 3.63) is 58.9 Å². The molecule has 1 fully saturated rings. The van der Waals surface area contributed by atoms with Crippen molar-refractivity contribution in [3.63, 3.8) is 0 Å². The lowest BCUT2D eigenvalue weighted by Crippen LogP contribution is -2.44. The van der Waals surface area contributed by atoms with E-state index in [1.807, 2.05) is 0 Å². The molecule has 1 aliphatic carbocycles. The molecule has 0 unspecified atom stereocenters. The van der Waals surface area contributed by atoms with E-state index in [9.17, 15) is 0 Å². The van der Waals surface area contributed by atoms with Gasteiger partial charge in [0.15, 0.2) is 11.3 Å². The molecule has 1 aliphatic heterocycles. The first-order valence-corrected chi connectivity index (χ1v) is 12.4. The average molecular weight is 494 g/mol. The van der Waals surface area contributed by atoms with E-state index in [4.69, 9.17) is 27.1 Å². The Kier molecular flexibility index (Phi) is 5.35. The number of halogens is 1. The molecule has 3 N–H and O–H groups in total. The Hall–Kier alpha value is -2.88. The van der Waals surface area contributed by atoms with Crippen molar-refractivity contribution in [3.8, 4) is 5.88 Å². The van der Waals surface area contributed by atoms with E-state index >= 15 is 0 Å². The molecule has 0 saturated carbocycles. The molecule has 1 atom stereocenters. The molecule has 1 saturated heterocycles. The fraction of sp³-hybridized carbons (Fsp3) is 0.333. The smallest absolute Gasteiger partial charge is 0.214 e. The second kappa shape index (κ2) is 8.41. The van der Waals surface area contributed by atoms with Crippen LogP contribution in [-0.2, 0) is 6.42 Å². The predicted octanol–water partition coefficient (Wildman–Crippen LogP) is 4.40. The van der Waals surface area contributed by atoms with E-state index in [1.54, 1.807) is 25.6 Å². The van der Waals surface area contributed by atoms with Gasteiger partial charge < -0.3 is 20.4 Å². The number of aromatic nitrogens is 5. The lowest BCUT2D eigenvalue weighted by atomic mass is 9.73. The molecule has 3 aromatic heterocycles. The Balaban J connectivity index is 1.19. The quantitative estimate of drug-likeness (QED) is 0.430.